The molecule has 0 rings (SSSR count). The number of rotatable bonds is 17. The maximum Gasteiger partial charge on any atom is 0.244 e. The van der Waals surface area contributed by atoms with Gasteiger partial charge >= 0.3 is 0 Å². The van der Waals surface area contributed by atoms with Crippen LogP contribution < -0.4 is 5.73 Å². The highest BCUT2D eigenvalue weighted by atomic mass is 16.1. The molecule has 0 saturated carbocycles. The first-order chi connectivity index (χ1) is 11.7. The summed E-state index contributed by atoms with van der Waals surface area (Å²) >= 11 is 0. The summed E-state index contributed by atoms with van der Waals surface area (Å²) in [6, 6.07) is 0. The van der Waals surface area contributed by atoms with E-state index in [1.807, 2.05) is 6.08 Å². The lowest BCUT2D eigenvalue weighted by Gasteiger charge is -2.00. The van der Waals surface area contributed by atoms with Gasteiger partial charge in [0.15, 0.2) is 0 Å². The third-order valence-electron chi connectivity index (χ3n) is 4.56. The Kier molecular flexibility index (Phi) is 17.5. The Labute approximate surface area is 151 Å². The third-order valence-corrected chi connectivity index (χ3v) is 4.56. The van der Waals surface area contributed by atoms with Crippen LogP contribution >= 0.6 is 0 Å². The van der Waals surface area contributed by atoms with Gasteiger partial charge in [-0.1, -0.05) is 82.9 Å². The van der Waals surface area contributed by atoms with Gasteiger partial charge in [-0.25, -0.2) is 0 Å². The van der Waals surface area contributed by atoms with Crippen LogP contribution in [0.15, 0.2) is 23.8 Å². The molecule has 0 aromatic rings. The summed E-state index contributed by atoms with van der Waals surface area (Å²) in [4.78, 5) is 10.9. The summed E-state index contributed by atoms with van der Waals surface area (Å²) in [5.41, 5.74) is 5.89. The molecular formula is C22H41NO. The van der Waals surface area contributed by atoms with Crippen molar-refractivity contribution in [1.29, 1.82) is 0 Å². The van der Waals surface area contributed by atoms with Gasteiger partial charge in [0.2, 0.25) is 5.91 Å². The van der Waals surface area contributed by atoms with Crippen LogP contribution in [0.5, 0.6) is 0 Å². The minimum Gasteiger partial charge on any atom is -0.366 e. The fraction of sp³-hybridized carbons (Fsp3) is 0.773. The normalized spacial score (nSPS) is 12.2. The number of hydrogen-bond donors (Lipinski definition) is 1. The third kappa shape index (κ3) is 17.3. The van der Waals surface area contributed by atoms with Gasteiger partial charge in [-0.2, -0.15) is 0 Å². The molecule has 24 heavy (non-hydrogen) atoms. The average molecular weight is 336 g/mol. The zero-order valence-corrected chi connectivity index (χ0v) is 16.3. The van der Waals surface area contributed by atoms with E-state index < -0.39 is 0 Å². The highest BCUT2D eigenvalue weighted by Gasteiger charge is 1.95. The van der Waals surface area contributed by atoms with Crippen molar-refractivity contribution in [2.24, 2.45) is 5.73 Å². The molecule has 0 heterocycles. The molecule has 0 aliphatic carbocycles. The summed E-state index contributed by atoms with van der Waals surface area (Å²) in [6.07, 6.45) is 26.3. The Balaban J connectivity index is 3.21. The Bertz CT molecular complexity index is 344. The fourth-order valence-corrected chi connectivity index (χ4v) is 2.81. The molecule has 1 amide bonds. The fourth-order valence-electron chi connectivity index (χ4n) is 2.81. The van der Waals surface area contributed by atoms with Crippen molar-refractivity contribution in [3.05, 3.63) is 23.8 Å². The summed E-state index contributed by atoms with van der Waals surface area (Å²) in [5.74, 6) is -0.292. The minimum atomic E-state index is -0.292. The Morgan fingerprint density at radius 2 is 1.12 bits per heavy atom. The molecule has 0 atom stereocenters. The number of carbonyl (C=O) groups is 1. The van der Waals surface area contributed by atoms with Crippen LogP contribution in [-0.4, -0.2) is 5.91 Å². The molecule has 0 fully saturated rings. The molecule has 0 aromatic heterocycles. The van der Waals surface area contributed by atoms with Gasteiger partial charge in [-0.05, 0) is 45.4 Å². The van der Waals surface area contributed by atoms with Crippen molar-refractivity contribution in [2.75, 3.05) is 0 Å². The van der Waals surface area contributed by atoms with Crippen LogP contribution in [0.1, 0.15) is 110 Å². The zero-order valence-electron chi connectivity index (χ0n) is 16.3. The van der Waals surface area contributed by atoms with Crippen molar-refractivity contribution in [1.82, 2.24) is 0 Å². The first-order valence-corrected chi connectivity index (χ1v) is 10.3. The van der Waals surface area contributed by atoms with E-state index in [0.717, 1.165) is 6.42 Å². The number of nitrogens with two attached hydrogens (primary N) is 1. The van der Waals surface area contributed by atoms with Gasteiger partial charge in [-0.15, -0.1) is 0 Å². The lowest BCUT2D eigenvalue weighted by molar-refractivity contribution is -0.114. The number of amides is 1. The molecular weight excluding hydrogens is 294 g/mol. The zero-order chi connectivity index (χ0) is 17.9. The first kappa shape index (κ1) is 22.9. The summed E-state index contributed by atoms with van der Waals surface area (Å²) in [5, 5.41) is 0. The van der Waals surface area contributed by atoms with Gasteiger partial charge < -0.3 is 5.73 Å². The van der Waals surface area contributed by atoms with Crippen LogP contribution in [0.25, 0.3) is 0 Å². The van der Waals surface area contributed by atoms with Crippen LogP contribution in [0.3, 0.4) is 0 Å². The van der Waals surface area contributed by atoms with Gasteiger partial charge in [-0.3, -0.25) is 4.79 Å². The standard InChI is InChI=1S/C22H41NO/c1-3-4-5-6-7-8-9-10-11-12-13-14-15-16-17-18-19-20-21(2)22(23)24/h10-11,20H,3-9,12-19H2,1-2H3,(H2,23,24). The molecule has 2 N–H and O–H groups in total. The Morgan fingerprint density at radius 3 is 1.58 bits per heavy atom. The molecule has 140 valence electrons. The molecule has 0 unspecified atom stereocenters. The lowest BCUT2D eigenvalue weighted by atomic mass is 10.1. The van der Waals surface area contributed by atoms with Crippen molar-refractivity contribution in [3.63, 3.8) is 0 Å². The van der Waals surface area contributed by atoms with Gasteiger partial charge in [0.25, 0.3) is 0 Å². The smallest absolute Gasteiger partial charge is 0.244 e. The second kappa shape index (κ2) is 18.3. The second-order valence-electron chi connectivity index (χ2n) is 6.98. The monoisotopic (exact) mass is 335 g/mol. The number of unbranched alkanes of at least 4 members (excludes halogenated alkanes) is 13. The maximum absolute atomic E-state index is 10.9. The van der Waals surface area contributed by atoms with E-state index >= 15 is 0 Å². The van der Waals surface area contributed by atoms with Gasteiger partial charge in [0.05, 0.1) is 0 Å². The molecule has 2 heteroatoms. The number of carbonyl (C=O) groups excluding carboxylic acids is 1. The molecule has 0 aliphatic rings. The van der Waals surface area contributed by atoms with E-state index in [9.17, 15) is 4.79 Å². The number of allylic oxidation sites excluding steroid dienone is 3. The van der Waals surface area contributed by atoms with Gasteiger partial charge in [0, 0.05) is 5.57 Å². The van der Waals surface area contributed by atoms with Crippen LogP contribution in [-0.2, 0) is 4.79 Å². The second-order valence-corrected chi connectivity index (χ2v) is 6.98. The number of primary amides is 1. The first-order valence-electron chi connectivity index (χ1n) is 10.3. The van der Waals surface area contributed by atoms with E-state index in [1.54, 1.807) is 6.92 Å². The molecule has 0 aromatic carbocycles. The molecule has 0 aliphatic heterocycles. The van der Waals surface area contributed by atoms with Crippen LogP contribution in [0.2, 0.25) is 0 Å². The summed E-state index contributed by atoms with van der Waals surface area (Å²) in [6.45, 7) is 4.07. The quantitative estimate of drug-likeness (QED) is 0.176. The average Bonchev–Trinajstić information content (AvgIpc) is 2.57. The Morgan fingerprint density at radius 1 is 0.708 bits per heavy atom. The predicted octanol–water partition coefficient (Wildman–Crippen LogP) is 6.85. The van der Waals surface area contributed by atoms with E-state index in [-0.39, 0.29) is 5.91 Å². The lowest BCUT2D eigenvalue weighted by Crippen LogP contribution is -2.11. The highest BCUT2D eigenvalue weighted by Crippen LogP contribution is 2.11. The molecule has 0 spiro atoms. The van der Waals surface area contributed by atoms with E-state index in [1.165, 1.54) is 89.9 Å². The van der Waals surface area contributed by atoms with E-state index in [4.69, 9.17) is 5.73 Å². The SMILES string of the molecule is CCCCCCCCC=CCCCCCCCCC=C(C)C(N)=O. The predicted molar refractivity (Wildman–Crippen MR) is 107 cm³/mol. The van der Waals surface area contributed by atoms with Crippen molar-refractivity contribution < 1.29 is 4.79 Å². The van der Waals surface area contributed by atoms with E-state index in [2.05, 4.69) is 19.1 Å². The molecule has 0 radical (unpaired) electrons. The largest absolute Gasteiger partial charge is 0.366 e. The maximum atomic E-state index is 10.9. The van der Waals surface area contributed by atoms with Crippen LogP contribution in [0.4, 0.5) is 0 Å². The molecule has 0 saturated heterocycles. The van der Waals surface area contributed by atoms with Crippen LogP contribution in [0, 0.1) is 0 Å². The molecule has 0 bridgehead atoms. The summed E-state index contributed by atoms with van der Waals surface area (Å²) < 4.78 is 0. The topological polar surface area (TPSA) is 43.1 Å². The Hall–Kier alpha value is -1.05. The minimum absolute atomic E-state index is 0.292. The van der Waals surface area contributed by atoms with Crippen molar-refractivity contribution in [3.8, 4) is 0 Å². The van der Waals surface area contributed by atoms with E-state index in [0.29, 0.717) is 5.57 Å². The number of hydrogen-bond acceptors (Lipinski definition) is 1. The summed E-state index contributed by atoms with van der Waals surface area (Å²) in [7, 11) is 0. The van der Waals surface area contributed by atoms with Crippen molar-refractivity contribution in [2.45, 2.75) is 110 Å². The van der Waals surface area contributed by atoms with Gasteiger partial charge in [0.1, 0.15) is 0 Å². The molecule has 2 nitrogen and oxygen atoms in total. The highest BCUT2D eigenvalue weighted by molar-refractivity contribution is 5.91. The van der Waals surface area contributed by atoms with Crippen molar-refractivity contribution >= 4 is 5.91 Å².